The number of nitrogens with one attached hydrogen (secondary N) is 4. The molecular formula is C48H62N8O6. The van der Waals surface area contributed by atoms with E-state index < -0.39 is 35.5 Å². The molecule has 0 radical (unpaired) electrons. The first-order chi connectivity index (χ1) is 29.5. The van der Waals surface area contributed by atoms with Gasteiger partial charge in [0.15, 0.2) is 0 Å². The van der Waals surface area contributed by atoms with Gasteiger partial charge in [-0.15, -0.1) is 0 Å². The first-order valence-corrected chi connectivity index (χ1v) is 22.7. The Morgan fingerprint density at radius 1 is 0.645 bits per heavy atom. The second kappa shape index (κ2) is 17.7. The van der Waals surface area contributed by atoms with Crippen LogP contribution < -0.4 is 10.6 Å². The van der Waals surface area contributed by atoms with Crippen molar-refractivity contribution in [1.82, 2.24) is 40.4 Å². The summed E-state index contributed by atoms with van der Waals surface area (Å²) in [5.41, 5.74) is 3.57. The highest BCUT2D eigenvalue weighted by molar-refractivity contribution is 5.87. The zero-order chi connectivity index (χ0) is 43.8. The Balaban J connectivity index is 0.947. The van der Waals surface area contributed by atoms with Crippen LogP contribution in [0.1, 0.15) is 153 Å². The summed E-state index contributed by atoms with van der Waals surface area (Å²) in [7, 11) is 0. The summed E-state index contributed by atoms with van der Waals surface area (Å²) in [5, 5.41) is 5.80. The summed E-state index contributed by atoms with van der Waals surface area (Å²) in [6.45, 7) is 12.1. The number of ether oxygens (including phenoxy) is 2. The highest BCUT2D eigenvalue weighted by Crippen LogP contribution is 2.37. The van der Waals surface area contributed by atoms with Gasteiger partial charge in [-0.1, -0.05) is 50.4 Å². The average Bonchev–Trinajstić information content (AvgIpc) is 3.98. The summed E-state index contributed by atoms with van der Waals surface area (Å²) < 4.78 is 11.1. The quantitative estimate of drug-likeness (QED) is 0.115. The maximum Gasteiger partial charge on any atom is 0.408 e. The number of rotatable bonds is 10. The summed E-state index contributed by atoms with van der Waals surface area (Å²) in [4.78, 5) is 74.3. The molecular weight excluding hydrogens is 785 g/mol. The van der Waals surface area contributed by atoms with Crippen LogP contribution in [0.25, 0.3) is 22.1 Å². The van der Waals surface area contributed by atoms with Crippen LogP contribution in [0.5, 0.6) is 0 Å². The van der Waals surface area contributed by atoms with Crippen LogP contribution in [0.3, 0.4) is 0 Å². The Labute approximate surface area is 364 Å². The van der Waals surface area contributed by atoms with Crippen LogP contribution in [-0.4, -0.2) is 90.1 Å². The molecule has 4 aliphatic rings. The van der Waals surface area contributed by atoms with Gasteiger partial charge in [-0.2, -0.15) is 0 Å². The highest BCUT2D eigenvalue weighted by atomic mass is 16.6. The third kappa shape index (κ3) is 10.2. The van der Waals surface area contributed by atoms with Crippen LogP contribution in [0.15, 0.2) is 36.4 Å². The van der Waals surface area contributed by atoms with E-state index >= 15 is 0 Å². The molecule has 14 nitrogen and oxygen atoms in total. The number of fused-ring (bicyclic) bond motifs is 2. The van der Waals surface area contributed by atoms with Crippen LogP contribution in [0.2, 0.25) is 0 Å². The zero-order valence-corrected chi connectivity index (χ0v) is 37.1. The zero-order valence-electron chi connectivity index (χ0n) is 37.1. The minimum atomic E-state index is -0.661. The van der Waals surface area contributed by atoms with Gasteiger partial charge in [0, 0.05) is 24.2 Å². The molecule has 2 aromatic heterocycles. The third-order valence-electron chi connectivity index (χ3n) is 12.6. The van der Waals surface area contributed by atoms with Crippen LogP contribution in [0.4, 0.5) is 9.59 Å². The molecule has 4 aromatic rings. The van der Waals surface area contributed by atoms with E-state index in [0.29, 0.717) is 37.8 Å². The number of hydrogen-bond acceptors (Lipinski definition) is 8. The van der Waals surface area contributed by atoms with E-state index in [9.17, 15) is 19.2 Å². The van der Waals surface area contributed by atoms with Gasteiger partial charge in [-0.05, 0) is 128 Å². The lowest BCUT2D eigenvalue weighted by molar-refractivity contribution is -0.135. The van der Waals surface area contributed by atoms with Gasteiger partial charge in [0.25, 0.3) is 0 Å². The van der Waals surface area contributed by atoms with Crippen molar-refractivity contribution >= 4 is 46.1 Å². The molecule has 62 heavy (non-hydrogen) atoms. The average molecular weight is 847 g/mol. The topological polar surface area (TPSA) is 175 Å². The van der Waals surface area contributed by atoms with Crippen LogP contribution >= 0.6 is 0 Å². The first kappa shape index (κ1) is 43.1. The number of imidazole rings is 2. The monoisotopic (exact) mass is 846 g/mol. The molecule has 4 atom stereocenters. The van der Waals surface area contributed by atoms with Crippen molar-refractivity contribution in [2.45, 2.75) is 154 Å². The normalized spacial score (nSPS) is 20.5. The van der Waals surface area contributed by atoms with Gasteiger partial charge in [0.1, 0.15) is 34.9 Å². The fourth-order valence-electron chi connectivity index (χ4n) is 9.17. The molecule has 330 valence electrons. The number of likely N-dealkylation sites (tertiary alicyclic amines) is 2. The number of carbonyl (C=O) groups is 4. The number of carbonyl (C=O) groups excluding carboxylic acids is 4. The van der Waals surface area contributed by atoms with Crippen molar-refractivity contribution in [2.75, 3.05) is 13.1 Å². The van der Waals surface area contributed by atoms with Gasteiger partial charge in [0.2, 0.25) is 11.8 Å². The van der Waals surface area contributed by atoms with Gasteiger partial charge >= 0.3 is 12.2 Å². The van der Waals surface area contributed by atoms with Crippen molar-refractivity contribution in [3.05, 3.63) is 59.2 Å². The number of aromatic nitrogens is 4. The van der Waals surface area contributed by atoms with E-state index in [2.05, 4.69) is 32.4 Å². The van der Waals surface area contributed by atoms with E-state index in [1.54, 1.807) is 0 Å². The Morgan fingerprint density at radius 2 is 1.05 bits per heavy atom. The van der Waals surface area contributed by atoms with Crippen molar-refractivity contribution in [2.24, 2.45) is 11.8 Å². The second-order valence-corrected chi connectivity index (χ2v) is 19.8. The number of benzene rings is 2. The molecule has 14 heteroatoms. The molecule has 0 spiro atoms. The van der Waals surface area contributed by atoms with Crippen molar-refractivity contribution in [3.8, 4) is 11.8 Å². The van der Waals surface area contributed by atoms with E-state index in [0.717, 1.165) is 109 Å². The van der Waals surface area contributed by atoms with Crippen molar-refractivity contribution in [1.29, 1.82) is 0 Å². The lowest BCUT2D eigenvalue weighted by Crippen LogP contribution is -2.50. The minimum Gasteiger partial charge on any atom is -0.444 e. The van der Waals surface area contributed by atoms with Gasteiger partial charge < -0.3 is 39.9 Å². The fourth-order valence-corrected chi connectivity index (χ4v) is 9.17. The molecule has 4 fully saturated rings. The Bertz CT molecular complexity index is 2210. The number of alkyl carbamates (subject to hydrolysis) is 2. The smallest absolute Gasteiger partial charge is 0.408 e. The van der Waals surface area contributed by atoms with Gasteiger partial charge in [0.05, 0.1) is 34.2 Å². The van der Waals surface area contributed by atoms with E-state index in [1.165, 1.54) is 0 Å². The van der Waals surface area contributed by atoms with Crippen molar-refractivity contribution in [3.63, 3.8) is 0 Å². The fraction of sp³-hybridized carbons (Fsp3) is 0.583. The summed E-state index contributed by atoms with van der Waals surface area (Å²) in [5.74, 6) is 8.73. The van der Waals surface area contributed by atoms with Crippen LogP contribution in [-0.2, 0) is 19.1 Å². The Hall–Kier alpha value is -5.58. The number of amides is 4. The molecule has 2 aromatic carbocycles. The molecule has 4 N–H and O–H groups in total. The predicted molar refractivity (Wildman–Crippen MR) is 236 cm³/mol. The molecule has 2 saturated heterocycles. The molecule has 1 unspecified atom stereocenters. The summed E-state index contributed by atoms with van der Waals surface area (Å²) in [6.07, 6.45) is 9.91. The van der Waals surface area contributed by atoms with Crippen LogP contribution in [0, 0.1) is 23.7 Å². The standard InChI is InChI=1S/C48H62N8O6/c1-47(2,3)61-45(59)53-37(27-29-11-7-12-29)43(57)55-23-9-15-39(55)41-49-33-21-19-31(25-35(33)51-41)17-18-32-20-22-34-36(26-32)52-42(50-34)40-16-10-24-56(40)44(58)38(28-30-13-8-14-30)54-46(60)62-48(4,5)6/h19-22,25-26,29-30,37-40H,7-16,23-24,27-28H2,1-6H3,(H,49,51)(H,50,52)(H,53,59)(H,54,60)/t37-,38?,39-,40-/m0/s1. The summed E-state index contributed by atoms with van der Waals surface area (Å²) in [6, 6.07) is 10.0. The highest BCUT2D eigenvalue weighted by Gasteiger charge is 2.40. The van der Waals surface area contributed by atoms with E-state index in [-0.39, 0.29) is 23.9 Å². The van der Waals surface area contributed by atoms with E-state index in [4.69, 9.17) is 19.4 Å². The minimum absolute atomic E-state index is 0.0897. The lowest BCUT2D eigenvalue weighted by Gasteiger charge is -2.33. The van der Waals surface area contributed by atoms with Crippen molar-refractivity contribution < 1.29 is 28.7 Å². The Morgan fingerprint density at radius 3 is 1.40 bits per heavy atom. The Kier molecular flexibility index (Phi) is 12.3. The third-order valence-corrected chi connectivity index (χ3v) is 12.6. The lowest BCUT2D eigenvalue weighted by atomic mass is 9.80. The maximum atomic E-state index is 14.1. The maximum absolute atomic E-state index is 14.1. The molecule has 4 heterocycles. The number of aromatic amines is 2. The largest absolute Gasteiger partial charge is 0.444 e. The van der Waals surface area contributed by atoms with Gasteiger partial charge in [-0.3, -0.25) is 9.59 Å². The molecule has 2 aliphatic carbocycles. The second-order valence-electron chi connectivity index (χ2n) is 19.8. The summed E-state index contributed by atoms with van der Waals surface area (Å²) >= 11 is 0. The molecule has 2 aliphatic heterocycles. The number of nitrogens with zero attached hydrogens (tertiary/aromatic N) is 4. The first-order valence-electron chi connectivity index (χ1n) is 22.7. The molecule has 2 saturated carbocycles. The predicted octanol–water partition coefficient (Wildman–Crippen LogP) is 8.33. The number of hydrogen-bond donors (Lipinski definition) is 4. The van der Waals surface area contributed by atoms with Gasteiger partial charge in [-0.25, -0.2) is 19.6 Å². The molecule has 0 bridgehead atoms. The number of H-pyrrole nitrogens is 2. The van der Waals surface area contributed by atoms with E-state index in [1.807, 2.05) is 87.7 Å². The SMILES string of the molecule is CC(C)(C)OC(=O)NC(CC1CCC1)C(=O)N1CCC[C@H]1c1nc2ccc(C#Cc3ccc4nc([C@@H]5CCCN5C(=O)[C@H](CC5CCC5)NC(=O)OC(C)(C)C)[nH]c4c3)cc2[nH]1. The molecule has 4 amide bonds. The molecule has 8 rings (SSSR count).